The van der Waals surface area contributed by atoms with Crippen molar-refractivity contribution in [3.8, 4) is 0 Å². The number of hydrogen-bond acceptors (Lipinski definition) is 1. The first-order chi connectivity index (χ1) is 4.93. The van der Waals surface area contributed by atoms with Gasteiger partial charge in [-0.15, -0.1) is 0 Å². The van der Waals surface area contributed by atoms with Crippen LogP contribution in [-0.2, 0) is 4.74 Å². The lowest BCUT2D eigenvalue weighted by Gasteiger charge is -2.21. The molecule has 0 aromatic carbocycles. The van der Waals surface area contributed by atoms with Crippen LogP contribution in [0, 0.1) is 12.8 Å². The topological polar surface area (TPSA) is 9.23 Å². The average molecular weight is 141 g/mol. The van der Waals surface area contributed by atoms with Crippen molar-refractivity contribution in [3.05, 3.63) is 6.92 Å². The van der Waals surface area contributed by atoms with E-state index in [4.69, 9.17) is 4.74 Å². The highest BCUT2D eigenvalue weighted by atomic mass is 16.5. The van der Waals surface area contributed by atoms with Crippen molar-refractivity contribution in [1.82, 2.24) is 0 Å². The lowest BCUT2D eigenvalue weighted by Crippen LogP contribution is -2.16. The minimum atomic E-state index is 0.843. The molecule has 1 aliphatic heterocycles. The van der Waals surface area contributed by atoms with Crippen LogP contribution in [0.4, 0.5) is 0 Å². The quantitative estimate of drug-likeness (QED) is 0.586. The maximum absolute atomic E-state index is 5.36. The van der Waals surface area contributed by atoms with Gasteiger partial charge in [-0.1, -0.05) is 19.8 Å². The highest BCUT2D eigenvalue weighted by Gasteiger charge is 2.12. The average Bonchev–Trinajstić information content (AvgIpc) is 2.03. The summed E-state index contributed by atoms with van der Waals surface area (Å²) in [7, 11) is 0. The van der Waals surface area contributed by atoms with E-state index in [0.717, 1.165) is 25.6 Å². The maximum Gasteiger partial charge on any atom is 0.0494 e. The van der Waals surface area contributed by atoms with Crippen molar-refractivity contribution in [2.45, 2.75) is 32.1 Å². The van der Waals surface area contributed by atoms with Gasteiger partial charge in [0, 0.05) is 13.2 Å². The van der Waals surface area contributed by atoms with E-state index in [1.807, 2.05) is 0 Å². The van der Waals surface area contributed by atoms with E-state index in [0.29, 0.717) is 0 Å². The summed E-state index contributed by atoms with van der Waals surface area (Å²) < 4.78 is 5.36. The van der Waals surface area contributed by atoms with Crippen LogP contribution in [0.1, 0.15) is 32.1 Å². The maximum atomic E-state index is 5.36. The van der Waals surface area contributed by atoms with Crippen molar-refractivity contribution >= 4 is 0 Å². The van der Waals surface area contributed by atoms with Gasteiger partial charge in [-0.2, -0.15) is 0 Å². The van der Waals surface area contributed by atoms with Gasteiger partial charge in [0.15, 0.2) is 0 Å². The molecule has 1 rings (SSSR count). The number of rotatable bonds is 3. The molecule has 1 heteroatoms. The van der Waals surface area contributed by atoms with E-state index >= 15 is 0 Å². The van der Waals surface area contributed by atoms with E-state index in [1.165, 1.54) is 25.7 Å². The minimum Gasteiger partial charge on any atom is -0.381 e. The number of unbranched alkanes of at least 4 members (excludes halogenated alkanes) is 1. The largest absolute Gasteiger partial charge is 0.381 e. The number of hydrogen-bond donors (Lipinski definition) is 0. The summed E-state index contributed by atoms with van der Waals surface area (Å²) in [5.41, 5.74) is 0. The van der Waals surface area contributed by atoms with Crippen LogP contribution in [0.2, 0.25) is 0 Å². The zero-order valence-corrected chi connectivity index (χ0v) is 6.64. The molecule has 1 unspecified atom stereocenters. The van der Waals surface area contributed by atoms with Crippen LogP contribution in [-0.4, -0.2) is 13.2 Å². The summed E-state index contributed by atoms with van der Waals surface area (Å²) in [4.78, 5) is 0. The Morgan fingerprint density at radius 3 is 3.00 bits per heavy atom. The Kier molecular flexibility index (Phi) is 3.81. The van der Waals surface area contributed by atoms with Gasteiger partial charge < -0.3 is 4.74 Å². The summed E-state index contributed by atoms with van der Waals surface area (Å²) in [5.74, 6) is 0.843. The molecule has 1 radical (unpaired) electrons. The van der Waals surface area contributed by atoms with Crippen LogP contribution in [0.25, 0.3) is 0 Å². The molecule has 0 N–H and O–H groups in total. The van der Waals surface area contributed by atoms with Crippen LogP contribution >= 0.6 is 0 Å². The van der Waals surface area contributed by atoms with Gasteiger partial charge in [0.1, 0.15) is 0 Å². The summed E-state index contributed by atoms with van der Waals surface area (Å²) >= 11 is 0. The summed E-state index contributed by atoms with van der Waals surface area (Å²) in [6, 6.07) is 0. The molecular formula is C9H17O. The predicted octanol–water partition coefficient (Wildman–Crippen LogP) is 2.42. The zero-order chi connectivity index (χ0) is 7.23. The SMILES string of the molecule is [CH2]CCCC1CCCOC1. The van der Waals surface area contributed by atoms with E-state index in [2.05, 4.69) is 6.92 Å². The Labute approximate surface area is 63.8 Å². The molecule has 0 spiro atoms. The smallest absolute Gasteiger partial charge is 0.0494 e. The standard InChI is InChI=1S/C9H17O/c1-2-3-5-9-6-4-7-10-8-9/h9H,1-8H2. The molecule has 0 saturated carbocycles. The fourth-order valence-corrected chi connectivity index (χ4v) is 1.47. The monoisotopic (exact) mass is 141 g/mol. The normalized spacial score (nSPS) is 26.7. The Hall–Kier alpha value is -0.0400. The van der Waals surface area contributed by atoms with Gasteiger partial charge in [-0.05, 0) is 25.2 Å². The molecule has 1 saturated heterocycles. The molecule has 0 aromatic heterocycles. The molecule has 59 valence electrons. The Morgan fingerprint density at radius 2 is 2.40 bits per heavy atom. The minimum absolute atomic E-state index is 0.843. The van der Waals surface area contributed by atoms with Crippen molar-refractivity contribution in [2.75, 3.05) is 13.2 Å². The molecule has 0 amide bonds. The molecule has 0 aliphatic carbocycles. The van der Waals surface area contributed by atoms with E-state index in [-0.39, 0.29) is 0 Å². The molecule has 10 heavy (non-hydrogen) atoms. The van der Waals surface area contributed by atoms with Crippen molar-refractivity contribution in [1.29, 1.82) is 0 Å². The second-order valence-electron chi connectivity index (χ2n) is 3.08. The van der Waals surface area contributed by atoms with Crippen LogP contribution < -0.4 is 0 Å². The van der Waals surface area contributed by atoms with Crippen molar-refractivity contribution in [3.63, 3.8) is 0 Å². The second kappa shape index (κ2) is 4.73. The highest BCUT2D eigenvalue weighted by molar-refractivity contribution is 4.63. The van der Waals surface area contributed by atoms with E-state index < -0.39 is 0 Å². The first kappa shape index (κ1) is 8.06. The van der Waals surface area contributed by atoms with Crippen molar-refractivity contribution < 1.29 is 4.74 Å². The Bertz CT molecular complexity index is 74.8. The Morgan fingerprint density at radius 1 is 1.50 bits per heavy atom. The predicted molar refractivity (Wildman–Crippen MR) is 42.8 cm³/mol. The third-order valence-corrected chi connectivity index (χ3v) is 2.12. The van der Waals surface area contributed by atoms with E-state index in [1.54, 1.807) is 0 Å². The van der Waals surface area contributed by atoms with Crippen molar-refractivity contribution in [2.24, 2.45) is 5.92 Å². The van der Waals surface area contributed by atoms with Gasteiger partial charge in [-0.25, -0.2) is 0 Å². The summed E-state index contributed by atoms with van der Waals surface area (Å²) in [6.45, 7) is 5.82. The molecule has 0 aromatic rings. The molecule has 0 bridgehead atoms. The molecule has 1 nitrogen and oxygen atoms in total. The fourth-order valence-electron chi connectivity index (χ4n) is 1.47. The van der Waals surface area contributed by atoms with E-state index in [9.17, 15) is 0 Å². The van der Waals surface area contributed by atoms with Gasteiger partial charge in [0.2, 0.25) is 0 Å². The molecule has 1 aliphatic rings. The molecule has 1 atom stereocenters. The molecule has 1 fully saturated rings. The first-order valence-electron chi connectivity index (χ1n) is 4.30. The molecular weight excluding hydrogens is 124 g/mol. The van der Waals surface area contributed by atoms with Gasteiger partial charge >= 0.3 is 0 Å². The van der Waals surface area contributed by atoms with Crippen LogP contribution in [0.3, 0.4) is 0 Å². The van der Waals surface area contributed by atoms with Crippen LogP contribution in [0.15, 0.2) is 0 Å². The first-order valence-corrected chi connectivity index (χ1v) is 4.30. The fraction of sp³-hybridized carbons (Fsp3) is 0.889. The number of ether oxygens (including phenoxy) is 1. The van der Waals surface area contributed by atoms with Gasteiger partial charge in [0.25, 0.3) is 0 Å². The lowest BCUT2D eigenvalue weighted by molar-refractivity contribution is 0.0510. The summed E-state index contributed by atoms with van der Waals surface area (Å²) in [6.07, 6.45) is 6.32. The summed E-state index contributed by atoms with van der Waals surface area (Å²) in [5, 5.41) is 0. The second-order valence-corrected chi connectivity index (χ2v) is 3.08. The van der Waals surface area contributed by atoms with Crippen LogP contribution in [0.5, 0.6) is 0 Å². The third-order valence-electron chi connectivity index (χ3n) is 2.12. The van der Waals surface area contributed by atoms with Gasteiger partial charge in [-0.3, -0.25) is 0 Å². The zero-order valence-electron chi connectivity index (χ0n) is 6.64. The van der Waals surface area contributed by atoms with Gasteiger partial charge in [0.05, 0.1) is 0 Å². The molecule has 1 heterocycles. The Balaban J connectivity index is 2.02. The highest BCUT2D eigenvalue weighted by Crippen LogP contribution is 2.18. The third kappa shape index (κ3) is 2.70. The lowest BCUT2D eigenvalue weighted by atomic mass is 9.96.